The molecule has 0 spiro atoms. The summed E-state index contributed by atoms with van der Waals surface area (Å²) in [5.74, 6) is 0. The SMILES string of the molecule is CC1CCCC(C)N1CCc1ccc(N)cn1. The lowest BCUT2D eigenvalue weighted by atomic mass is 9.97. The van der Waals surface area contributed by atoms with Crippen LogP contribution < -0.4 is 5.73 Å². The largest absolute Gasteiger partial charge is 0.397 e. The maximum Gasteiger partial charge on any atom is 0.0501 e. The minimum Gasteiger partial charge on any atom is -0.397 e. The molecule has 1 aliphatic rings. The van der Waals surface area contributed by atoms with E-state index in [1.165, 1.54) is 19.3 Å². The number of piperidine rings is 1. The van der Waals surface area contributed by atoms with Gasteiger partial charge >= 0.3 is 0 Å². The number of hydrogen-bond donors (Lipinski definition) is 1. The topological polar surface area (TPSA) is 42.1 Å². The summed E-state index contributed by atoms with van der Waals surface area (Å²) < 4.78 is 0. The molecular weight excluding hydrogens is 210 g/mol. The van der Waals surface area contributed by atoms with Crippen molar-refractivity contribution in [2.45, 2.75) is 51.6 Å². The van der Waals surface area contributed by atoms with Crippen LogP contribution in [0.25, 0.3) is 0 Å². The summed E-state index contributed by atoms with van der Waals surface area (Å²) in [6.45, 7) is 5.79. The van der Waals surface area contributed by atoms with Crippen LogP contribution in [0.4, 0.5) is 5.69 Å². The molecule has 0 radical (unpaired) electrons. The smallest absolute Gasteiger partial charge is 0.0501 e. The van der Waals surface area contributed by atoms with Crippen LogP contribution in [0, 0.1) is 0 Å². The van der Waals surface area contributed by atoms with Gasteiger partial charge in [-0.3, -0.25) is 9.88 Å². The summed E-state index contributed by atoms with van der Waals surface area (Å²) in [5.41, 5.74) is 7.52. The van der Waals surface area contributed by atoms with Crippen molar-refractivity contribution >= 4 is 5.69 Å². The molecular formula is C14H23N3. The van der Waals surface area contributed by atoms with Crippen LogP contribution in [0.2, 0.25) is 0 Å². The van der Waals surface area contributed by atoms with Crippen molar-refractivity contribution in [2.75, 3.05) is 12.3 Å². The first-order valence-electron chi connectivity index (χ1n) is 6.63. The molecule has 2 heterocycles. The Morgan fingerprint density at radius 3 is 2.59 bits per heavy atom. The Balaban J connectivity index is 1.90. The Morgan fingerprint density at radius 1 is 1.29 bits per heavy atom. The lowest BCUT2D eigenvalue weighted by Gasteiger charge is -2.39. The van der Waals surface area contributed by atoms with Gasteiger partial charge in [0.15, 0.2) is 0 Å². The van der Waals surface area contributed by atoms with Gasteiger partial charge < -0.3 is 5.73 Å². The minimum absolute atomic E-state index is 0.715. The van der Waals surface area contributed by atoms with Crippen LogP contribution in [0.1, 0.15) is 38.8 Å². The second-order valence-electron chi connectivity index (χ2n) is 5.20. The van der Waals surface area contributed by atoms with Crippen LogP contribution in [0.5, 0.6) is 0 Å². The summed E-state index contributed by atoms with van der Waals surface area (Å²) in [7, 11) is 0. The Hall–Kier alpha value is -1.09. The van der Waals surface area contributed by atoms with Crippen molar-refractivity contribution in [1.82, 2.24) is 9.88 Å². The second-order valence-corrected chi connectivity index (χ2v) is 5.20. The minimum atomic E-state index is 0.715. The number of nitrogens with zero attached hydrogens (tertiary/aromatic N) is 2. The van der Waals surface area contributed by atoms with E-state index in [2.05, 4.69) is 23.7 Å². The molecule has 0 saturated carbocycles. The van der Waals surface area contributed by atoms with Crippen LogP contribution in [-0.2, 0) is 6.42 Å². The number of nitrogens with two attached hydrogens (primary N) is 1. The normalized spacial score (nSPS) is 26.0. The van der Waals surface area contributed by atoms with Gasteiger partial charge in [-0.2, -0.15) is 0 Å². The predicted octanol–water partition coefficient (Wildman–Crippen LogP) is 2.47. The fraction of sp³-hybridized carbons (Fsp3) is 0.643. The summed E-state index contributed by atoms with van der Waals surface area (Å²) in [6.07, 6.45) is 6.81. The van der Waals surface area contributed by atoms with Gasteiger partial charge in [0.1, 0.15) is 0 Å². The van der Waals surface area contributed by atoms with Crippen molar-refractivity contribution in [3.63, 3.8) is 0 Å². The van der Waals surface area contributed by atoms with E-state index in [1.54, 1.807) is 6.20 Å². The van der Waals surface area contributed by atoms with E-state index in [0.717, 1.165) is 24.3 Å². The highest BCUT2D eigenvalue weighted by Gasteiger charge is 2.23. The molecule has 3 nitrogen and oxygen atoms in total. The molecule has 1 aliphatic heterocycles. The number of hydrogen-bond acceptors (Lipinski definition) is 3. The van der Waals surface area contributed by atoms with Crippen LogP contribution in [-0.4, -0.2) is 28.5 Å². The van der Waals surface area contributed by atoms with Crippen LogP contribution in [0.3, 0.4) is 0 Å². The van der Waals surface area contributed by atoms with Gasteiger partial charge in [0.2, 0.25) is 0 Å². The Kier molecular flexibility index (Phi) is 4.00. The van der Waals surface area contributed by atoms with Gasteiger partial charge in [0.05, 0.1) is 11.9 Å². The third-order valence-electron chi connectivity index (χ3n) is 3.85. The van der Waals surface area contributed by atoms with Gasteiger partial charge in [-0.1, -0.05) is 6.42 Å². The van der Waals surface area contributed by atoms with Crippen molar-refractivity contribution < 1.29 is 0 Å². The Morgan fingerprint density at radius 2 is 2.00 bits per heavy atom. The first-order valence-corrected chi connectivity index (χ1v) is 6.63. The predicted molar refractivity (Wildman–Crippen MR) is 71.8 cm³/mol. The number of rotatable bonds is 3. The summed E-state index contributed by atoms with van der Waals surface area (Å²) >= 11 is 0. The molecule has 2 unspecified atom stereocenters. The quantitative estimate of drug-likeness (QED) is 0.872. The van der Waals surface area contributed by atoms with Crippen molar-refractivity contribution in [3.05, 3.63) is 24.0 Å². The highest BCUT2D eigenvalue weighted by molar-refractivity contribution is 5.34. The molecule has 0 bridgehead atoms. The standard InChI is InChI=1S/C14H23N3/c1-11-4-3-5-12(2)17(11)9-8-14-7-6-13(15)10-16-14/h6-7,10-12H,3-5,8-9,15H2,1-2H3. The zero-order valence-electron chi connectivity index (χ0n) is 10.9. The maximum absolute atomic E-state index is 5.64. The van der Waals surface area contributed by atoms with Gasteiger partial charge in [-0.25, -0.2) is 0 Å². The molecule has 0 aromatic carbocycles. The number of anilines is 1. The van der Waals surface area contributed by atoms with Gasteiger partial charge in [0.25, 0.3) is 0 Å². The van der Waals surface area contributed by atoms with E-state index in [-0.39, 0.29) is 0 Å². The van der Waals surface area contributed by atoms with Crippen LogP contribution in [0.15, 0.2) is 18.3 Å². The Bertz CT molecular complexity index is 337. The molecule has 2 atom stereocenters. The molecule has 3 heteroatoms. The lowest BCUT2D eigenvalue weighted by Crippen LogP contribution is -2.44. The van der Waals surface area contributed by atoms with Crippen molar-refractivity contribution in [1.29, 1.82) is 0 Å². The fourth-order valence-electron chi connectivity index (χ4n) is 2.74. The first-order chi connectivity index (χ1) is 8.16. The van der Waals surface area contributed by atoms with E-state index >= 15 is 0 Å². The first kappa shape index (κ1) is 12.4. The average Bonchev–Trinajstić information content (AvgIpc) is 2.31. The molecule has 0 aliphatic carbocycles. The second kappa shape index (κ2) is 5.50. The molecule has 1 fully saturated rings. The van der Waals surface area contributed by atoms with E-state index in [0.29, 0.717) is 12.1 Å². The Labute approximate surface area is 104 Å². The fourth-order valence-corrected chi connectivity index (χ4v) is 2.74. The summed E-state index contributed by atoms with van der Waals surface area (Å²) in [4.78, 5) is 6.97. The molecule has 0 amide bonds. The summed E-state index contributed by atoms with van der Waals surface area (Å²) in [5, 5.41) is 0. The zero-order chi connectivity index (χ0) is 12.3. The third kappa shape index (κ3) is 3.19. The molecule has 2 rings (SSSR count). The number of likely N-dealkylation sites (tertiary alicyclic amines) is 1. The van der Waals surface area contributed by atoms with Crippen molar-refractivity contribution in [2.24, 2.45) is 0 Å². The molecule has 17 heavy (non-hydrogen) atoms. The van der Waals surface area contributed by atoms with E-state index in [9.17, 15) is 0 Å². The highest BCUT2D eigenvalue weighted by atomic mass is 15.2. The van der Waals surface area contributed by atoms with E-state index < -0.39 is 0 Å². The van der Waals surface area contributed by atoms with Gasteiger partial charge in [0, 0.05) is 30.7 Å². The number of nitrogen functional groups attached to an aromatic ring is 1. The molecule has 1 saturated heterocycles. The number of pyridine rings is 1. The number of aromatic nitrogens is 1. The van der Waals surface area contributed by atoms with E-state index in [4.69, 9.17) is 5.73 Å². The lowest BCUT2D eigenvalue weighted by molar-refractivity contribution is 0.105. The van der Waals surface area contributed by atoms with Crippen LogP contribution >= 0.6 is 0 Å². The zero-order valence-corrected chi connectivity index (χ0v) is 10.9. The van der Waals surface area contributed by atoms with E-state index in [1.807, 2.05) is 12.1 Å². The van der Waals surface area contributed by atoms with Gasteiger partial charge in [-0.05, 0) is 38.8 Å². The summed E-state index contributed by atoms with van der Waals surface area (Å²) in [6, 6.07) is 5.40. The van der Waals surface area contributed by atoms with Gasteiger partial charge in [-0.15, -0.1) is 0 Å². The third-order valence-corrected chi connectivity index (χ3v) is 3.85. The molecule has 1 aromatic heterocycles. The molecule has 1 aromatic rings. The molecule has 2 N–H and O–H groups in total. The molecule has 94 valence electrons. The maximum atomic E-state index is 5.64. The average molecular weight is 233 g/mol. The highest BCUT2D eigenvalue weighted by Crippen LogP contribution is 2.22. The van der Waals surface area contributed by atoms with Crippen molar-refractivity contribution in [3.8, 4) is 0 Å². The monoisotopic (exact) mass is 233 g/mol.